The van der Waals surface area contributed by atoms with Gasteiger partial charge in [-0.25, -0.2) is 0 Å². The number of hydrogen-bond acceptors (Lipinski definition) is 6. The summed E-state index contributed by atoms with van der Waals surface area (Å²) in [6.07, 6.45) is 0. The van der Waals surface area contributed by atoms with Gasteiger partial charge in [0.25, 0.3) is 5.91 Å². The van der Waals surface area contributed by atoms with Gasteiger partial charge in [-0.1, -0.05) is 6.07 Å². The van der Waals surface area contributed by atoms with Gasteiger partial charge in [-0.15, -0.1) is 0 Å². The maximum Gasteiger partial charge on any atom is 0.252 e. The summed E-state index contributed by atoms with van der Waals surface area (Å²) < 4.78 is 10.4. The fourth-order valence-corrected chi connectivity index (χ4v) is 3.01. The van der Waals surface area contributed by atoms with Crippen molar-refractivity contribution in [2.24, 2.45) is 0 Å². The van der Waals surface area contributed by atoms with Gasteiger partial charge in [-0.05, 0) is 42.5 Å². The van der Waals surface area contributed by atoms with Crippen LogP contribution in [0, 0.1) is 0 Å². The highest BCUT2D eigenvalue weighted by Crippen LogP contribution is 2.19. The van der Waals surface area contributed by atoms with E-state index in [1.807, 2.05) is 12.1 Å². The molecule has 3 rings (SSSR count). The van der Waals surface area contributed by atoms with Crippen molar-refractivity contribution in [3.63, 3.8) is 0 Å². The zero-order valence-corrected chi connectivity index (χ0v) is 16.3. The van der Waals surface area contributed by atoms with Crippen LogP contribution in [0.15, 0.2) is 48.5 Å². The lowest BCUT2D eigenvalue weighted by atomic mass is 10.1. The van der Waals surface area contributed by atoms with E-state index in [1.165, 1.54) is 7.11 Å². The molecule has 3 N–H and O–H groups in total. The van der Waals surface area contributed by atoms with Crippen LogP contribution >= 0.6 is 0 Å². The molecule has 0 spiro atoms. The molecule has 1 aliphatic heterocycles. The molecule has 8 heteroatoms. The molecule has 2 aromatic rings. The number of rotatable bonds is 7. The summed E-state index contributed by atoms with van der Waals surface area (Å²) in [4.78, 5) is 27.1. The lowest BCUT2D eigenvalue weighted by Crippen LogP contribution is -2.46. The highest BCUT2D eigenvalue weighted by molar-refractivity contribution is 6.01. The van der Waals surface area contributed by atoms with Crippen molar-refractivity contribution in [3.05, 3.63) is 54.1 Å². The number of nitrogens with zero attached hydrogens (tertiary/aromatic N) is 1. The Bertz CT molecular complexity index is 834. The molecule has 1 saturated heterocycles. The Labute approximate surface area is 169 Å². The van der Waals surface area contributed by atoms with Crippen LogP contribution in [0.2, 0.25) is 0 Å². The topological polar surface area (TPSA) is 100 Å². The molecule has 0 aromatic heterocycles. The number of hydrogen-bond donors (Lipinski definition) is 3. The van der Waals surface area contributed by atoms with Crippen LogP contribution < -0.4 is 20.3 Å². The Balaban J connectivity index is 1.59. The standard InChI is InChI=1S/C21H25N3O5/c1-28-18-4-2-3-15(13-18)20(26)23-19(14-25)21(27)22-16-5-7-17(8-6-16)24-9-11-29-12-10-24/h2-8,13,19,25H,9-12,14H2,1H3,(H,22,27)(H,23,26)/t19-/m0/s1. The van der Waals surface area contributed by atoms with E-state index in [-0.39, 0.29) is 0 Å². The summed E-state index contributed by atoms with van der Waals surface area (Å²) >= 11 is 0. The molecule has 29 heavy (non-hydrogen) atoms. The fourth-order valence-electron chi connectivity index (χ4n) is 3.01. The third-order valence-electron chi connectivity index (χ3n) is 4.65. The molecule has 0 unspecified atom stereocenters. The van der Waals surface area contributed by atoms with E-state index in [9.17, 15) is 14.7 Å². The zero-order chi connectivity index (χ0) is 20.6. The molecule has 0 radical (unpaired) electrons. The molecule has 1 atom stereocenters. The number of nitrogens with one attached hydrogen (secondary N) is 2. The smallest absolute Gasteiger partial charge is 0.252 e. The number of anilines is 2. The number of ether oxygens (including phenoxy) is 2. The summed E-state index contributed by atoms with van der Waals surface area (Å²) in [5.41, 5.74) is 1.97. The van der Waals surface area contributed by atoms with Gasteiger partial charge in [-0.2, -0.15) is 0 Å². The van der Waals surface area contributed by atoms with E-state index in [0.29, 0.717) is 30.2 Å². The van der Waals surface area contributed by atoms with Gasteiger partial charge in [0, 0.05) is 30.0 Å². The minimum Gasteiger partial charge on any atom is -0.497 e. The molecule has 1 heterocycles. The Hall–Kier alpha value is -3.10. The maximum absolute atomic E-state index is 12.5. The Morgan fingerprint density at radius 3 is 2.55 bits per heavy atom. The van der Waals surface area contributed by atoms with E-state index in [0.717, 1.165) is 18.8 Å². The van der Waals surface area contributed by atoms with Gasteiger partial charge >= 0.3 is 0 Å². The molecule has 0 saturated carbocycles. The van der Waals surface area contributed by atoms with Crippen LogP contribution in [-0.2, 0) is 9.53 Å². The molecular weight excluding hydrogens is 374 g/mol. The van der Waals surface area contributed by atoms with Crippen molar-refractivity contribution < 1.29 is 24.2 Å². The van der Waals surface area contributed by atoms with E-state index in [1.54, 1.807) is 36.4 Å². The number of carbonyl (C=O) groups is 2. The minimum absolute atomic E-state index is 0.338. The van der Waals surface area contributed by atoms with Crippen molar-refractivity contribution in [1.82, 2.24) is 5.32 Å². The molecule has 0 aliphatic carbocycles. The predicted molar refractivity (Wildman–Crippen MR) is 109 cm³/mol. The lowest BCUT2D eigenvalue weighted by molar-refractivity contribution is -0.118. The second kappa shape index (κ2) is 9.90. The maximum atomic E-state index is 12.5. The average Bonchev–Trinajstić information content (AvgIpc) is 2.78. The Morgan fingerprint density at radius 1 is 1.17 bits per heavy atom. The third-order valence-corrected chi connectivity index (χ3v) is 4.65. The van der Waals surface area contributed by atoms with Gasteiger partial charge in [0.2, 0.25) is 5.91 Å². The molecule has 154 valence electrons. The normalized spacial score (nSPS) is 14.8. The summed E-state index contributed by atoms with van der Waals surface area (Å²) in [6.45, 7) is 2.53. The first-order valence-corrected chi connectivity index (χ1v) is 9.40. The molecule has 2 aromatic carbocycles. The minimum atomic E-state index is -1.08. The summed E-state index contributed by atoms with van der Waals surface area (Å²) in [7, 11) is 1.51. The highest BCUT2D eigenvalue weighted by Gasteiger charge is 2.21. The lowest BCUT2D eigenvalue weighted by Gasteiger charge is -2.29. The van der Waals surface area contributed by atoms with Crippen molar-refractivity contribution in [2.75, 3.05) is 50.2 Å². The predicted octanol–water partition coefficient (Wildman–Crippen LogP) is 1.26. The van der Waals surface area contributed by atoms with E-state index in [4.69, 9.17) is 9.47 Å². The van der Waals surface area contributed by atoms with Gasteiger partial charge in [0.1, 0.15) is 11.8 Å². The summed E-state index contributed by atoms with van der Waals surface area (Å²) in [5.74, 6) is -0.438. The third kappa shape index (κ3) is 5.46. The largest absolute Gasteiger partial charge is 0.497 e. The SMILES string of the molecule is COc1cccc(C(=O)N[C@@H](CO)C(=O)Nc2ccc(N3CCOCC3)cc2)c1. The monoisotopic (exact) mass is 399 g/mol. The van der Waals surface area contributed by atoms with E-state index in [2.05, 4.69) is 15.5 Å². The van der Waals surface area contributed by atoms with E-state index >= 15 is 0 Å². The molecule has 1 fully saturated rings. The second-order valence-corrected chi connectivity index (χ2v) is 6.58. The number of aliphatic hydroxyl groups excluding tert-OH is 1. The van der Waals surface area contributed by atoms with Gasteiger partial charge in [0.15, 0.2) is 0 Å². The van der Waals surface area contributed by atoms with Crippen LogP contribution in [0.25, 0.3) is 0 Å². The second-order valence-electron chi connectivity index (χ2n) is 6.58. The van der Waals surface area contributed by atoms with Crippen molar-refractivity contribution in [3.8, 4) is 5.75 Å². The van der Waals surface area contributed by atoms with Crippen molar-refractivity contribution in [2.45, 2.75) is 6.04 Å². The van der Waals surface area contributed by atoms with Crippen LogP contribution in [0.3, 0.4) is 0 Å². The first kappa shape index (κ1) is 20.6. The number of morpholine rings is 1. The summed E-state index contributed by atoms with van der Waals surface area (Å²) in [6, 6.07) is 12.9. The average molecular weight is 399 g/mol. The van der Waals surface area contributed by atoms with Gasteiger partial charge in [-0.3, -0.25) is 9.59 Å². The highest BCUT2D eigenvalue weighted by atomic mass is 16.5. The molecule has 2 amide bonds. The van der Waals surface area contributed by atoms with Gasteiger partial charge < -0.3 is 30.1 Å². The van der Waals surface area contributed by atoms with E-state index < -0.39 is 24.5 Å². The van der Waals surface area contributed by atoms with Crippen molar-refractivity contribution >= 4 is 23.2 Å². The Morgan fingerprint density at radius 2 is 1.90 bits per heavy atom. The first-order valence-electron chi connectivity index (χ1n) is 9.40. The quantitative estimate of drug-likeness (QED) is 0.648. The first-order chi connectivity index (χ1) is 14.1. The van der Waals surface area contributed by atoms with Crippen LogP contribution in [-0.4, -0.2) is 63.0 Å². The number of amides is 2. The number of benzene rings is 2. The molecule has 0 bridgehead atoms. The zero-order valence-electron chi connectivity index (χ0n) is 16.3. The fraction of sp³-hybridized carbons (Fsp3) is 0.333. The number of methoxy groups -OCH3 is 1. The Kier molecular flexibility index (Phi) is 7.04. The molecular formula is C21H25N3O5. The van der Waals surface area contributed by atoms with Crippen LogP contribution in [0.4, 0.5) is 11.4 Å². The van der Waals surface area contributed by atoms with Gasteiger partial charge in [0.05, 0.1) is 26.9 Å². The summed E-state index contributed by atoms with van der Waals surface area (Å²) in [5, 5.41) is 14.8. The van der Waals surface area contributed by atoms with Crippen LogP contribution in [0.5, 0.6) is 5.75 Å². The van der Waals surface area contributed by atoms with Crippen LogP contribution in [0.1, 0.15) is 10.4 Å². The molecule has 1 aliphatic rings. The number of aliphatic hydroxyl groups is 1. The molecule has 8 nitrogen and oxygen atoms in total. The van der Waals surface area contributed by atoms with Crippen molar-refractivity contribution in [1.29, 1.82) is 0 Å². The number of carbonyl (C=O) groups excluding carboxylic acids is 2.